The summed E-state index contributed by atoms with van der Waals surface area (Å²) in [6.07, 6.45) is 1.22. The normalized spacial score (nSPS) is 20.6. The molecular formula is C21H22FNO. The lowest BCUT2D eigenvalue weighted by atomic mass is 10.0. The van der Waals surface area contributed by atoms with Gasteiger partial charge in [-0.2, -0.15) is 0 Å². The van der Waals surface area contributed by atoms with Crippen molar-refractivity contribution in [2.45, 2.75) is 25.5 Å². The summed E-state index contributed by atoms with van der Waals surface area (Å²) in [7, 11) is 0. The van der Waals surface area contributed by atoms with Gasteiger partial charge < -0.3 is 5.11 Å². The number of aliphatic hydroxyl groups is 1. The molecule has 0 amide bonds. The summed E-state index contributed by atoms with van der Waals surface area (Å²) in [5.74, 6) is 5.88. The van der Waals surface area contributed by atoms with E-state index < -0.39 is 0 Å². The van der Waals surface area contributed by atoms with Crippen LogP contribution in [0.25, 0.3) is 0 Å². The molecular weight excluding hydrogens is 301 g/mol. The van der Waals surface area contributed by atoms with E-state index in [2.05, 4.69) is 28.9 Å². The van der Waals surface area contributed by atoms with Crippen LogP contribution in [-0.2, 0) is 6.54 Å². The summed E-state index contributed by atoms with van der Waals surface area (Å²) in [5.41, 5.74) is 1.71. The SMILES string of the molecule is O[C@H]1CN(Cc2ccccc2)C[C@@H]1CCC#Cc1ccccc1F. The predicted octanol–water partition coefficient (Wildman–Crippen LogP) is 3.45. The molecule has 3 rings (SSSR count). The molecule has 0 aliphatic carbocycles. The molecule has 24 heavy (non-hydrogen) atoms. The molecule has 0 radical (unpaired) electrons. The lowest BCUT2D eigenvalue weighted by Gasteiger charge is -2.15. The summed E-state index contributed by atoms with van der Waals surface area (Å²) < 4.78 is 13.5. The Balaban J connectivity index is 1.49. The van der Waals surface area contributed by atoms with E-state index in [1.807, 2.05) is 18.2 Å². The molecule has 2 aromatic carbocycles. The van der Waals surface area contributed by atoms with E-state index in [0.29, 0.717) is 18.5 Å². The van der Waals surface area contributed by atoms with Gasteiger partial charge in [0.2, 0.25) is 0 Å². The summed E-state index contributed by atoms with van der Waals surface area (Å²) in [6.45, 7) is 2.47. The van der Waals surface area contributed by atoms with Gasteiger partial charge in [0.05, 0.1) is 11.7 Å². The minimum Gasteiger partial charge on any atom is -0.391 e. The number of hydrogen-bond donors (Lipinski definition) is 1. The molecule has 0 aromatic heterocycles. The first kappa shape index (κ1) is 16.7. The molecule has 0 unspecified atom stereocenters. The summed E-state index contributed by atoms with van der Waals surface area (Å²) in [5, 5.41) is 10.2. The number of β-amino-alcohol motifs (C(OH)–C–C–N with tert-alkyl or cyclic N) is 1. The van der Waals surface area contributed by atoms with Gasteiger partial charge >= 0.3 is 0 Å². The first-order chi connectivity index (χ1) is 11.7. The molecule has 1 saturated heterocycles. The van der Waals surface area contributed by atoms with E-state index in [-0.39, 0.29) is 17.8 Å². The van der Waals surface area contributed by atoms with Crippen LogP contribution >= 0.6 is 0 Å². The fourth-order valence-corrected chi connectivity index (χ4v) is 3.17. The fraction of sp³-hybridized carbons (Fsp3) is 0.333. The van der Waals surface area contributed by atoms with Gasteiger partial charge in [0.1, 0.15) is 5.82 Å². The number of rotatable bonds is 4. The molecule has 2 atom stereocenters. The second kappa shape index (κ2) is 8.10. The number of nitrogens with zero attached hydrogens (tertiary/aromatic N) is 1. The molecule has 1 fully saturated rings. The third-order valence-corrected chi connectivity index (χ3v) is 4.47. The van der Waals surface area contributed by atoms with Crippen molar-refractivity contribution in [1.82, 2.24) is 4.90 Å². The van der Waals surface area contributed by atoms with Gasteiger partial charge in [-0.3, -0.25) is 4.90 Å². The first-order valence-corrected chi connectivity index (χ1v) is 8.40. The maximum atomic E-state index is 13.5. The highest BCUT2D eigenvalue weighted by Gasteiger charge is 2.30. The number of halogens is 1. The molecule has 0 bridgehead atoms. The summed E-state index contributed by atoms with van der Waals surface area (Å²) in [4.78, 5) is 2.29. The Morgan fingerprint density at radius 3 is 2.58 bits per heavy atom. The second-order valence-corrected chi connectivity index (χ2v) is 6.33. The second-order valence-electron chi connectivity index (χ2n) is 6.33. The third-order valence-electron chi connectivity index (χ3n) is 4.47. The minimum atomic E-state index is -0.302. The molecule has 1 heterocycles. The van der Waals surface area contributed by atoms with Crippen molar-refractivity contribution < 1.29 is 9.50 Å². The van der Waals surface area contributed by atoms with E-state index in [1.54, 1.807) is 18.2 Å². The van der Waals surface area contributed by atoms with Crippen LogP contribution in [0.4, 0.5) is 4.39 Å². The van der Waals surface area contributed by atoms with Gasteiger partial charge in [-0.1, -0.05) is 54.3 Å². The van der Waals surface area contributed by atoms with Crippen molar-refractivity contribution >= 4 is 0 Å². The number of likely N-dealkylation sites (tertiary alicyclic amines) is 1. The van der Waals surface area contributed by atoms with Crippen LogP contribution in [0.2, 0.25) is 0 Å². The molecule has 1 aliphatic heterocycles. The molecule has 2 aromatic rings. The monoisotopic (exact) mass is 323 g/mol. The van der Waals surface area contributed by atoms with Crippen LogP contribution in [0.3, 0.4) is 0 Å². The Morgan fingerprint density at radius 2 is 1.79 bits per heavy atom. The number of hydrogen-bond acceptors (Lipinski definition) is 2. The lowest BCUT2D eigenvalue weighted by molar-refractivity contribution is 0.138. The number of aliphatic hydroxyl groups excluding tert-OH is 1. The van der Waals surface area contributed by atoms with Crippen molar-refractivity contribution in [3.8, 4) is 11.8 Å². The van der Waals surface area contributed by atoms with Gasteiger partial charge in [0.25, 0.3) is 0 Å². The summed E-state index contributed by atoms with van der Waals surface area (Å²) in [6, 6.07) is 16.9. The van der Waals surface area contributed by atoms with Crippen LogP contribution in [-0.4, -0.2) is 29.2 Å². The van der Waals surface area contributed by atoms with Crippen LogP contribution in [0.5, 0.6) is 0 Å². The van der Waals surface area contributed by atoms with Crippen molar-refractivity contribution in [3.05, 3.63) is 71.5 Å². The van der Waals surface area contributed by atoms with Crippen molar-refractivity contribution in [2.75, 3.05) is 13.1 Å². The Morgan fingerprint density at radius 1 is 1.04 bits per heavy atom. The Hall–Kier alpha value is -2.15. The smallest absolute Gasteiger partial charge is 0.138 e. The number of benzene rings is 2. The molecule has 3 heteroatoms. The molecule has 2 nitrogen and oxygen atoms in total. The maximum absolute atomic E-state index is 13.5. The minimum absolute atomic E-state index is 0.239. The van der Waals surface area contributed by atoms with Crippen LogP contribution in [0, 0.1) is 23.6 Å². The van der Waals surface area contributed by atoms with Crippen LogP contribution in [0.15, 0.2) is 54.6 Å². The Labute approximate surface area is 142 Å². The lowest BCUT2D eigenvalue weighted by Crippen LogP contribution is -2.21. The van der Waals surface area contributed by atoms with Crippen molar-refractivity contribution in [1.29, 1.82) is 0 Å². The van der Waals surface area contributed by atoms with Gasteiger partial charge in [-0.15, -0.1) is 0 Å². The van der Waals surface area contributed by atoms with Gasteiger partial charge in [0, 0.05) is 26.1 Å². The zero-order valence-corrected chi connectivity index (χ0v) is 13.7. The Bertz CT molecular complexity index is 719. The van der Waals surface area contributed by atoms with Gasteiger partial charge in [-0.05, 0) is 30.0 Å². The molecule has 0 saturated carbocycles. The molecule has 124 valence electrons. The predicted molar refractivity (Wildman–Crippen MR) is 93.7 cm³/mol. The largest absolute Gasteiger partial charge is 0.391 e. The van der Waals surface area contributed by atoms with Crippen molar-refractivity contribution in [3.63, 3.8) is 0 Å². The highest BCUT2D eigenvalue weighted by atomic mass is 19.1. The average molecular weight is 323 g/mol. The highest BCUT2D eigenvalue weighted by molar-refractivity contribution is 5.35. The van der Waals surface area contributed by atoms with Gasteiger partial charge in [-0.25, -0.2) is 4.39 Å². The molecule has 1 aliphatic rings. The summed E-state index contributed by atoms with van der Waals surface area (Å²) >= 11 is 0. The zero-order valence-electron chi connectivity index (χ0n) is 13.7. The zero-order chi connectivity index (χ0) is 16.8. The van der Waals surface area contributed by atoms with Crippen LogP contribution < -0.4 is 0 Å². The topological polar surface area (TPSA) is 23.5 Å². The quantitative estimate of drug-likeness (QED) is 0.871. The van der Waals surface area contributed by atoms with E-state index in [1.165, 1.54) is 11.6 Å². The average Bonchev–Trinajstić information content (AvgIpc) is 2.93. The maximum Gasteiger partial charge on any atom is 0.138 e. The Kier molecular flexibility index (Phi) is 5.63. The van der Waals surface area contributed by atoms with E-state index in [0.717, 1.165) is 19.5 Å². The third kappa shape index (κ3) is 4.44. The first-order valence-electron chi connectivity index (χ1n) is 8.40. The van der Waals surface area contributed by atoms with Gasteiger partial charge in [0.15, 0.2) is 0 Å². The highest BCUT2D eigenvalue weighted by Crippen LogP contribution is 2.23. The fourth-order valence-electron chi connectivity index (χ4n) is 3.17. The standard InChI is InChI=1S/C21H22FNO/c22-20-13-7-6-11-18(20)10-4-5-12-19-15-23(16-21(19)24)14-17-8-2-1-3-9-17/h1-3,6-9,11,13,19,21,24H,5,12,14-16H2/t19-,21-/m0/s1. The molecule has 1 N–H and O–H groups in total. The van der Waals surface area contributed by atoms with E-state index in [9.17, 15) is 9.50 Å². The van der Waals surface area contributed by atoms with Crippen molar-refractivity contribution in [2.24, 2.45) is 5.92 Å². The molecule has 0 spiro atoms. The van der Waals surface area contributed by atoms with Crippen LogP contribution in [0.1, 0.15) is 24.0 Å². The van der Waals surface area contributed by atoms with E-state index >= 15 is 0 Å². The van der Waals surface area contributed by atoms with E-state index in [4.69, 9.17) is 0 Å².